The van der Waals surface area contributed by atoms with Crippen LogP contribution in [0.4, 0.5) is 23.8 Å². The van der Waals surface area contributed by atoms with Crippen molar-refractivity contribution in [1.29, 1.82) is 0 Å². The first kappa shape index (κ1) is 17.6. The van der Waals surface area contributed by atoms with Gasteiger partial charge in [0, 0.05) is 25.8 Å². The van der Waals surface area contributed by atoms with Gasteiger partial charge in [0.1, 0.15) is 5.82 Å². The second-order valence-electron chi connectivity index (χ2n) is 5.19. The highest BCUT2D eigenvalue weighted by Crippen LogP contribution is 2.38. The van der Waals surface area contributed by atoms with Crippen LogP contribution < -0.4 is 4.90 Å². The molecule has 1 saturated heterocycles. The number of alkyl halides is 3. The molecule has 0 saturated carbocycles. The molecule has 10 heteroatoms. The lowest BCUT2D eigenvalue weighted by molar-refractivity contribution is -0.138. The number of aromatic nitrogens is 1. The van der Waals surface area contributed by atoms with Crippen molar-refractivity contribution < 1.29 is 28.2 Å². The van der Waals surface area contributed by atoms with Crippen LogP contribution in [-0.2, 0) is 6.18 Å². The predicted molar refractivity (Wildman–Crippen MR) is 76.8 cm³/mol. The zero-order valence-corrected chi connectivity index (χ0v) is 12.9. The number of carboxylic acid groups (broad SMARTS) is 1. The van der Waals surface area contributed by atoms with E-state index in [2.05, 4.69) is 4.98 Å². The maximum Gasteiger partial charge on any atom is 0.418 e. The SMILES string of the molecule is Cc1c(C(F)(F)F)cnc(N2CCN(C(=O)O)C[C@@H]2CO)c1Cl. The molecule has 2 rings (SSSR count). The fourth-order valence-electron chi connectivity index (χ4n) is 2.52. The summed E-state index contributed by atoms with van der Waals surface area (Å²) in [5.41, 5.74) is -1.07. The summed E-state index contributed by atoms with van der Waals surface area (Å²) in [6.45, 7) is 1.21. The number of amides is 1. The molecule has 23 heavy (non-hydrogen) atoms. The Bertz CT molecular complexity index is 612. The van der Waals surface area contributed by atoms with Gasteiger partial charge in [0.2, 0.25) is 0 Å². The second-order valence-corrected chi connectivity index (χ2v) is 5.57. The van der Waals surface area contributed by atoms with Crippen molar-refractivity contribution in [3.63, 3.8) is 0 Å². The Morgan fingerprint density at radius 3 is 2.65 bits per heavy atom. The van der Waals surface area contributed by atoms with Gasteiger partial charge >= 0.3 is 12.3 Å². The molecule has 0 aliphatic carbocycles. The zero-order chi connectivity index (χ0) is 17.4. The van der Waals surface area contributed by atoms with E-state index in [1.54, 1.807) is 0 Å². The number of carbonyl (C=O) groups is 1. The molecule has 0 bridgehead atoms. The summed E-state index contributed by atoms with van der Waals surface area (Å²) in [6.07, 6.45) is -4.97. The number of rotatable bonds is 2. The van der Waals surface area contributed by atoms with Crippen molar-refractivity contribution in [2.75, 3.05) is 31.1 Å². The van der Waals surface area contributed by atoms with Crippen LogP contribution in [0.5, 0.6) is 0 Å². The molecule has 1 atom stereocenters. The Balaban J connectivity index is 2.35. The third-order valence-corrected chi connectivity index (χ3v) is 4.24. The van der Waals surface area contributed by atoms with Crippen LogP contribution in [0.1, 0.15) is 11.1 Å². The van der Waals surface area contributed by atoms with E-state index in [-0.39, 0.29) is 42.6 Å². The van der Waals surface area contributed by atoms with Gasteiger partial charge < -0.3 is 20.0 Å². The molecule has 0 unspecified atom stereocenters. The monoisotopic (exact) mass is 353 g/mol. The first-order valence-corrected chi connectivity index (χ1v) is 7.12. The van der Waals surface area contributed by atoms with Gasteiger partial charge in [-0.1, -0.05) is 11.6 Å². The van der Waals surface area contributed by atoms with Crippen LogP contribution >= 0.6 is 11.6 Å². The Morgan fingerprint density at radius 1 is 1.48 bits per heavy atom. The van der Waals surface area contributed by atoms with E-state index >= 15 is 0 Å². The molecule has 2 heterocycles. The summed E-state index contributed by atoms with van der Waals surface area (Å²) in [4.78, 5) is 17.5. The molecule has 0 aromatic carbocycles. The van der Waals surface area contributed by atoms with Gasteiger partial charge in [-0.3, -0.25) is 0 Å². The summed E-state index contributed by atoms with van der Waals surface area (Å²) in [6, 6.07) is -0.624. The van der Waals surface area contributed by atoms with Crippen molar-refractivity contribution in [2.24, 2.45) is 0 Å². The van der Waals surface area contributed by atoms with Crippen molar-refractivity contribution in [3.05, 3.63) is 22.3 Å². The number of pyridine rings is 1. The number of piperazine rings is 1. The van der Waals surface area contributed by atoms with E-state index in [0.717, 1.165) is 4.90 Å². The van der Waals surface area contributed by atoms with Gasteiger partial charge in [-0.25, -0.2) is 9.78 Å². The molecule has 6 nitrogen and oxygen atoms in total. The third kappa shape index (κ3) is 3.45. The topological polar surface area (TPSA) is 76.9 Å². The molecule has 1 aliphatic heterocycles. The lowest BCUT2D eigenvalue weighted by atomic mass is 10.1. The molecule has 0 radical (unpaired) electrons. The molecule has 1 fully saturated rings. The maximum atomic E-state index is 12.9. The summed E-state index contributed by atoms with van der Waals surface area (Å²) in [5.74, 6) is 0.112. The lowest BCUT2D eigenvalue weighted by Crippen LogP contribution is -2.56. The standard InChI is InChI=1S/C13H15ClF3N3O3/c1-7-9(13(15,16)17)4-18-11(10(7)14)20-3-2-19(12(22)23)5-8(20)6-21/h4,8,21H,2-3,5-6H2,1H3,(H,22,23)/t8-/m1/s1. The van der Waals surface area contributed by atoms with Crippen LogP contribution in [-0.4, -0.2) is 58.5 Å². The highest BCUT2D eigenvalue weighted by molar-refractivity contribution is 6.33. The molecule has 1 amide bonds. The minimum atomic E-state index is -4.56. The Hall–Kier alpha value is -1.74. The number of aliphatic hydroxyl groups is 1. The van der Waals surface area contributed by atoms with Crippen LogP contribution in [0.25, 0.3) is 0 Å². The Morgan fingerprint density at radius 2 is 2.13 bits per heavy atom. The fraction of sp³-hybridized carbons (Fsp3) is 0.538. The normalized spacial score (nSPS) is 19.1. The summed E-state index contributed by atoms with van der Waals surface area (Å²) < 4.78 is 38.6. The number of hydrogen-bond donors (Lipinski definition) is 2. The van der Waals surface area contributed by atoms with Crippen molar-refractivity contribution in [1.82, 2.24) is 9.88 Å². The molecular formula is C13H15ClF3N3O3. The fourth-order valence-corrected chi connectivity index (χ4v) is 2.77. The molecule has 0 spiro atoms. The van der Waals surface area contributed by atoms with E-state index in [1.807, 2.05) is 0 Å². The van der Waals surface area contributed by atoms with Crippen LogP contribution in [0, 0.1) is 6.92 Å². The zero-order valence-electron chi connectivity index (χ0n) is 12.1. The molecule has 2 N–H and O–H groups in total. The van der Waals surface area contributed by atoms with E-state index in [1.165, 1.54) is 11.8 Å². The first-order valence-electron chi connectivity index (χ1n) is 6.74. The van der Waals surface area contributed by atoms with Crippen molar-refractivity contribution in [3.8, 4) is 0 Å². The number of halogens is 4. The first-order chi connectivity index (χ1) is 10.7. The number of anilines is 1. The van der Waals surface area contributed by atoms with Gasteiger partial charge in [0.15, 0.2) is 0 Å². The van der Waals surface area contributed by atoms with Crippen LogP contribution in [0.15, 0.2) is 6.20 Å². The summed E-state index contributed by atoms with van der Waals surface area (Å²) in [5, 5.41) is 18.3. The number of hydrogen-bond acceptors (Lipinski definition) is 4. The molecular weight excluding hydrogens is 339 g/mol. The van der Waals surface area contributed by atoms with Crippen LogP contribution in [0.2, 0.25) is 5.02 Å². The lowest BCUT2D eigenvalue weighted by Gasteiger charge is -2.40. The van der Waals surface area contributed by atoms with Crippen molar-refractivity contribution in [2.45, 2.75) is 19.1 Å². The third-order valence-electron chi connectivity index (χ3n) is 3.79. The Labute approximate surface area is 135 Å². The molecule has 128 valence electrons. The van der Waals surface area contributed by atoms with Crippen molar-refractivity contribution >= 4 is 23.5 Å². The van der Waals surface area contributed by atoms with Gasteiger partial charge in [-0.15, -0.1) is 0 Å². The van der Waals surface area contributed by atoms with E-state index < -0.39 is 23.9 Å². The van der Waals surface area contributed by atoms with E-state index in [9.17, 15) is 23.1 Å². The van der Waals surface area contributed by atoms with Gasteiger partial charge in [-0.2, -0.15) is 13.2 Å². The van der Waals surface area contributed by atoms with Crippen LogP contribution in [0.3, 0.4) is 0 Å². The quantitative estimate of drug-likeness (QED) is 0.852. The summed E-state index contributed by atoms with van der Waals surface area (Å²) in [7, 11) is 0. The highest BCUT2D eigenvalue weighted by atomic mass is 35.5. The Kier molecular flexibility index (Phi) is 4.90. The van der Waals surface area contributed by atoms with Gasteiger partial charge in [0.05, 0.1) is 23.2 Å². The smallest absolute Gasteiger partial charge is 0.418 e. The molecule has 1 aromatic rings. The second kappa shape index (κ2) is 6.40. The van der Waals surface area contributed by atoms with E-state index in [4.69, 9.17) is 16.7 Å². The number of aliphatic hydroxyl groups excluding tert-OH is 1. The molecule has 1 aromatic heterocycles. The molecule has 1 aliphatic rings. The van der Waals surface area contributed by atoms with Gasteiger partial charge in [0.25, 0.3) is 0 Å². The predicted octanol–water partition coefficient (Wildman–Crippen LogP) is 2.22. The highest BCUT2D eigenvalue weighted by Gasteiger charge is 2.36. The minimum Gasteiger partial charge on any atom is -0.465 e. The minimum absolute atomic E-state index is 0.0178. The number of nitrogens with zero attached hydrogens (tertiary/aromatic N) is 3. The van der Waals surface area contributed by atoms with Gasteiger partial charge in [-0.05, 0) is 12.5 Å². The summed E-state index contributed by atoms with van der Waals surface area (Å²) >= 11 is 6.04. The largest absolute Gasteiger partial charge is 0.465 e. The average molecular weight is 354 g/mol. The van der Waals surface area contributed by atoms with E-state index in [0.29, 0.717) is 6.20 Å². The maximum absolute atomic E-state index is 12.9. The average Bonchev–Trinajstić information content (AvgIpc) is 2.48.